The van der Waals surface area contributed by atoms with E-state index in [1.807, 2.05) is 42.5 Å². The second kappa shape index (κ2) is 6.37. The quantitative estimate of drug-likeness (QED) is 0.579. The Balaban J connectivity index is 2.53. The molecular formula is C15H13BrClNO2. The Hall–Kier alpha value is -1.39. The van der Waals surface area contributed by atoms with Crippen LogP contribution in [-0.2, 0) is 0 Å². The summed E-state index contributed by atoms with van der Waals surface area (Å²) in [5.41, 5.74) is 1.66. The van der Waals surface area contributed by atoms with Gasteiger partial charge in [0.05, 0.1) is 5.92 Å². The highest BCUT2D eigenvalue weighted by atomic mass is 79.9. The molecule has 0 aromatic heterocycles. The van der Waals surface area contributed by atoms with Gasteiger partial charge in [-0.1, -0.05) is 57.9 Å². The van der Waals surface area contributed by atoms with E-state index in [2.05, 4.69) is 15.9 Å². The molecule has 2 atom stereocenters. The summed E-state index contributed by atoms with van der Waals surface area (Å²) < 4.78 is 0.938. The molecule has 2 aromatic rings. The lowest BCUT2D eigenvalue weighted by atomic mass is 9.86. The van der Waals surface area contributed by atoms with Crippen molar-refractivity contribution >= 4 is 27.5 Å². The summed E-state index contributed by atoms with van der Waals surface area (Å²) in [7, 11) is 0. The van der Waals surface area contributed by atoms with E-state index < -0.39 is 6.04 Å². The van der Waals surface area contributed by atoms with Crippen LogP contribution >= 0.6 is 27.5 Å². The normalized spacial score (nSPS) is 13.8. The smallest absolute Gasteiger partial charge is 0.221 e. The van der Waals surface area contributed by atoms with Crippen LogP contribution in [0.5, 0.6) is 0 Å². The van der Waals surface area contributed by atoms with Gasteiger partial charge < -0.3 is 0 Å². The van der Waals surface area contributed by atoms with Gasteiger partial charge in [0.15, 0.2) is 0 Å². The van der Waals surface area contributed by atoms with E-state index in [9.17, 15) is 10.1 Å². The SMILES string of the molecule is C[C@H]([C@H](c1ccc(Br)cc1)c1ccccc1Cl)[N+](=O)[O-]. The van der Waals surface area contributed by atoms with Crippen LogP contribution in [0.1, 0.15) is 24.0 Å². The van der Waals surface area contributed by atoms with Crippen molar-refractivity contribution in [2.45, 2.75) is 18.9 Å². The lowest BCUT2D eigenvalue weighted by molar-refractivity contribution is -0.520. The minimum Gasteiger partial charge on any atom is -0.264 e. The maximum Gasteiger partial charge on any atom is 0.221 e. The fraction of sp³-hybridized carbons (Fsp3) is 0.200. The molecule has 0 N–H and O–H groups in total. The number of nitro groups is 1. The Morgan fingerprint density at radius 2 is 1.75 bits per heavy atom. The van der Waals surface area contributed by atoms with Gasteiger partial charge in [0, 0.05) is 21.3 Å². The average molecular weight is 355 g/mol. The first-order valence-corrected chi connectivity index (χ1v) is 7.31. The Labute approximate surface area is 130 Å². The Kier molecular flexibility index (Phi) is 4.78. The summed E-state index contributed by atoms with van der Waals surface area (Å²) >= 11 is 9.59. The van der Waals surface area contributed by atoms with Gasteiger partial charge >= 0.3 is 0 Å². The summed E-state index contributed by atoms with van der Waals surface area (Å²) in [6.07, 6.45) is 0. The van der Waals surface area contributed by atoms with Gasteiger partial charge in [0.25, 0.3) is 0 Å². The van der Waals surface area contributed by atoms with Gasteiger partial charge in [-0.05, 0) is 29.3 Å². The molecule has 104 valence electrons. The van der Waals surface area contributed by atoms with E-state index >= 15 is 0 Å². The number of hydrogen-bond acceptors (Lipinski definition) is 2. The van der Waals surface area contributed by atoms with Crippen LogP contribution in [-0.4, -0.2) is 11.0 Å². The zero-order valence-electron chi connectivity index (χ0n) is 10.8. The highest BCUT2D eigenvalue weighted by Gasteiger charge is 2.31. The molecule has 0 spiro atoms. The first-order chi connectivity index (χ1) is 9.50. The number of nitrogens with zero attached hydrogens (tertiary/aromatic N) is 1. The lowest BCUT2D eigenvalue weighted by Crippen LogP contribution is -2.25. The maximum absolute atomic E-state index is 11.2. The molecule has 0 aliphatic rings. The van der Waals surface area contributed by atoms with Gasteiger partial charge in [-0.25, -0.2) is 0 Å². The number of halogens is 2. The largest absolute Gasteiger partial charge is 0.264 e. The van der Waals surface area contributed by atoms with Crippen LogP contribution in [0.2, 0.25) is 5.02 Å². The summed E-state index contributed by atoms with van der Waals surface area (Å²) in [4.78, 5) is 11.0. The Bertz CT molecular complexity index is 616. The average Bonchev–Trinajstić information content (AvgIpc) is 2.43. The number of hydrogen-bond donors (Lipinski definition) is 0. The second-order valence-electron chi connectivity index (χ2n) is 4.58. The first-order valence-electron chi connectivity index (χ1n) is 6.14. The molecular weight excluding hydrogens is 342 g/mol. The molecule has 0 unspecified atom stereocenters. The summed E-state index contributed by atoms with van der Waals surface area (Å²) in [5, 5.41) is 11.8. The van der Waals surface area contributed by atoms with Gasteiger partial charge in [-0.15, -0.1) is 0 Å². The fourth-order valence-electron chi connectivity index (χ4n) is 2.24. The third kappa shape index (κ3) is 3.19. The molecule has 0 bridgehead atoms. The van der Waals surface area contributed by atoms with E-state index in [0.29, 0.717) is 5.02 Å². The molecule has 0 aliphatic heterocycles. The predicted octanol–water partition coefficient (Wildman–Crippen LogP) is 4.90. The molecule has 0 fully saturated rings. The van der Waals surface area contributed by atoms with Crippen LogP contribution in [0.15, 0.2) is 53.0 Å². The third-order valence-corrected chi connectivity index (χ3v) is 4.16. The maximum atomic E-state index is 11.2. The van der Waals surface area contributed by atoms with Crippen LogP contribution in [0.25, 0.3) is 0 Å². The van der Waals surface area contributed by atoms with Gasteiger partial charge in [0.1, 0.15) is 0 Å². The summed E-state index contributed by atoms with van der Waals surface area (Å²) in [5.74, 6) is -0.369. The van der Waals surface area contributed by atoms with Crippen LogP contribution in [0.4, 0.5) is 0 Å². The molecule has 0 aliphatic carbocycles. The highest BCUT2D eigenvalue weighted by molar-refractivity contribution is 9.10. The zero-order chi connectivity index (χ0) is 14.7. The minimum atomic E-state index is -0.754. The molecule has 0 saturated carbocycles. The number of rotatable bonds is 4. The fourth-order valence-corrected chi connectivity index (χ4v) is 2.75. The van der Waals surface area contributed by atoms with E-state index in [1.165, 1.54) is 0 Å². The van der Waals surface area contributed by atoms with Crippen molar-refractivity contribution in [3.63, 3.8) is 0 Å². The van der Waals surface area contributed by atoms with E-state index in [1.54, 1.807) is 13.0 Å². The predicted molar refractivity (Wildman–Crippen MR) is 83.9 cm³/mol. The molecule has 0 heterocycles. The van der Waals surface area contributed by atoms with E-state index in [-0.39, 0.29) is 10.8 Å². The molecule has 3 nitrogen and oxygen atoms in total. The summed E-state index contributed by atoms with van der Waals surface area (Å²) in [6.45, 7) is 1.61. The van der Waals surface area contributed by atoms with Crippen LogP contribution in [0, 0.1) is 10.1 Å². The van der Waals surface area contributed by atoms with E-state index in [4.69, 9.17) is 11.6 Å². The molecule has 2 rings (SSSR count). The van der Waals surface area contributed by atoms with Crippen LogP contribution in [0.3, 0.4) is 0 Å². The summed E-state index contributed by atoms with van der Waals surface area (Å²) in [6, 6.07) is 14.1. The molecule has 2 aromatic carbocycles. The van der Waals surface area contributed by atoms with Gasteiger partial charge in [-0.2, -0.15) is 0 Å². The van der Waals surface area contributed by atoms with Crippen molar-refractivity contribution in [3.8, 4) is 0 Å². The first kappa shape index (κ1) is 15.0. The van der Waals surface area contributed by atoms with Gasteiger partial charge in [0.2, 0.25) is 6.04 Å². The topological polar surface area (TPSA) is 43.1 Å². The zero-order valence-corrected chi connectivity index (χ0v) is 13.1. The lowest BCUT2D eigenvalue weighted by Gasteiger charge is -2.20. The van der Waals surface area contributed by atoms with Crippen molar-refractivity contribution in [1.82, 2.24) is 0 Å². The highest BCUT2D eigenvalue weighted by Crippen LogP contribution is 2.34. The molecule has 0 amide bonds. The molecule has 0 saturated heterocycles. The third-order valence-electron chi connectivity index (χ3n) is 3.28. The van der Waals surface area contributed by atoms with Crippen molar-refractivity contribution in [3.05, 3.63) is 79.3 Å². The monoisotopic (exact) mass is 353 g/mol. The van der Waals surface area contributed by atoms with Crippen molar-refractivity contribution in [1.29, 1.82) is 0 Å². The van der Waals surface area contributed by atoms with Crippen molar-refractivity contribution in [2.24, 2.45) is 0 Å². The van der Waals surface area contributed by atoms with Crippen LogP contribution < -0.4 is 0 Å². The Morgan fingerprint density at radius 3 is 2.30 bits per heavy atom. The van der Waals surface area contributed by atoms with Crippen molar-refractivity contribution < 1.29 is 4.92 Å². The molecule has 20 heavy (non-hydrogen) atoms. The molecule has 0 radical (unpaired) electrons. The Morgan fingerprint density at radius 1 is 1.15 bits per heavy atom. The van der Waals surface area contributed by atoms with E-state index in [0.717, 1.165) is 15.6 Å². The number of benzene rings is 2. The minimum absolute atomic E-state index is 0.268. The second-order valence-corrected chi connectivity index (χ2v) is 5.90. The molecule has 5 heteroatoms. The van der Waals surface area contributed by atoms with Gasteiger partial charge in [-0.3, -0.25) is 10.1 Å². The standard InChI is InChI=1S/C15H13BrClNO2/c1-10(18(19)20)15(11-6-8-12(16)9-7-11)13-4-2-3-5-14(13)17/h2-10,15H,1H3/t10-,15-/m1/s1. The van der Waals surface area contributed by atoms with Crippen molar-refractivity contribution in [2.75, 3.05) is 0 Å².